The van der Waals surface area contributed by atoms with E-state index < -0.39 is 24.0 Å². The first kappa shape index (κ1) is 10.9. The van der Waals surface area contributed by atoms with Crippen LogP contribution in [0.5, 0.6) is 0 Å². The summed E-state index contributed by atoms with van der Waals surface area (Å²) in [7, 11) is 0. The van der Waals surface area contributed by atoms with E-state index in [2.05, 4.69) is 5.32 Å². The van der Waals surface area contributed by atoms with Crippen molar-refractivity contribution in [2.24, 2.45) is 0 Å². The number of hydrogen-bond acceptors (Lipinski definition) is 3. The molecule has 0 aliphatic heterocycles. The van der Waals surface area contributed by atoms with Gasteiger partial charge in [0.2, 0.25) is 5.91 Å². The van der Waals surface area contributed by atoms with Gasteiger partial charge in [0, 0.05) is 13.3 Å². The summed E-state index contributed by atoms with van der Waals surface area (Å²) in [5.41, 5.74) is 0. The molecule has 12 heavy (non-hydrogen) atoms. The molecule has 0 saturated heterocycles. The lowest BCUT2D eigenvalue weighted by Gasteiger charge is -2.14. The van der Waals surface area contributed by atoms with Gasteiger partial charge in [0.15, 0.2) is 0 Å². The van der Waals surface area contributed by atoms with E-state index in [4.69, 9.17) is 10.2 Å². The Morgan fingerprint density at radius 2 is 2.00 bits per heavy atom. The Morgan fingerprint density at radius 3 is 2.25 bits per heavy atom. The summed E-state index contributed by atoms with van der Waals surface area (Å²) in [6.45, 7) is 2.70. The van der Waals surface area contributed by atoms with Crippen LogP contribution in [-0.4, -0.2) is 34.2 Å². The molecule has 2 atom stereocenters. The number of nitrogens with one attached hydrogen (secondary N) is 1. The van der Waals surface area contributed by atoms with Crippen LogP contribution in [0.3, 0.4) is 0 Å². The van der Waals surface area contributed by atoms with Crippen molar-refractivity contribution in [3.05, 3.63) is 0 Å². The predicted molar refractivity (Wildman–Crippen MR) is 41.5 cm³/mol. The summed E-state index contributed by atoms with van der Waals surface area (Å²) < 4.78 is 0. The molecular formula is C7H13NO4. The van der Waals surface area contributed by atoms with Crippen molar-refractivity contribution in [1.29, 1.82) is 0 Å². The van der Waals surface area contributed by atoms with Crippen LogP contribution in [0.15, 0.2) is 0 Å². The molecule has 0 bridgehead atoms. The monoisotopic (exact) mass is 175 g/mol. The minimum atomic E-state index is -1.13. The number of carboxylic acid groups (broad SMARTS) is 1. The van der Waals surface area contributed by atoms with E-state index in [-0.39, 0.29) is 6.42 Å². The molecule has 70 valence electrons. The van der Waals surface area contributed by atoms with Crippen molar-refractivity contribution in [3.8, 4) is 0 Å². The standard InChI is InChI=1S/C7H13NO4/c1-4(9)3-6(7(11)12)8-5(2)10/h4,6,9H,3H2,1-2H3,(H,8,10)(H,11,12). The predicted octanol–water partition coefficient (Wildman–Crippen LogP) is -0.653. The highest BCUT2D eigenvalue weighted by molar-refractivity contribution is 5.82. The fraction of sp³-hybridized carbons (Fsp3) is 0.714. The van der Waals surface area contributed by atoms with Gasteiger partial charge in [-0.3, -0.25) is 4.79 Å². The topological polar surface area (TPSA) is 86.6 Å². The third-order valence-electron chi connectivity index (χ3n) is 1.25. The first-order valence-electron chi connectivity index (χ1n) is 3.61. The van der Waals surface area contributed by atoms with Crippen LogP contribution >= 0.6 is 0 Å². The van der Waals surface area contributed by atoms with E-state index in [1.807, 2.05) is 0 Å². The minimum Gasteiger partial charge on any atom is -0.480 e. The molecule has 5 nitrogen and oxygen atoms in total. The molecule has 0 aromatic heterocycles. The summed E-state index contributed by atoms with van der Waals surface area (Å²) in [4.78, 5) is 20.9. The molecule has 0 heterocycles. The Morgan fingerprint density at radius 1 is 1.50 bits per heavy atom. The van der Waals surface area contributed by atoms with Crippen molar-refractivity contribution in [2.45, 2.75) is 32.4 Å². The van der Waals surface area contributed by atoms with Crippen molar-refractivity contribution in [2.75, 3.05) is 0 Å². The minimum absolute atomic E-state index is 0.0227. The number of aliphatic hydroxyl groups excluding tert-OH is 1. The normalized spacial score (nSPS) is 14.9. The van der Waals surface area contributed by atoms with Gasteiger partial charge in [-0.25, -0.2) is 4.79 Å². The van der Waals surface area contributed by atoms with E-state index in [9.17, 15) is 9.59 Å². The van der Waals surface area contributed by atoms with Gasteiger partial charge in [-0.05, 0) is 6.92 Å². The molecule has 0 spiro atoms. The molecule has 0 aliphatic rings. The third kappa shape index (κ3) is 4.68. The van der Waals surface area contributed by atoms with Crippen LogP contribution in [0, 0.1) is 0 Å². The number of aliphatic carboxylic acids is 1. The van der Waals surface area contributed by atoms with Gasteiger partial charge in [0.05, 0.1) is 6.10 Å². The fourth-order valence-electron chi connectivity index (χ4n) is 0.808. The van der Waals surface area contributed by atoms with Gasteiger partial charge >= 0.3 is 5.97 Å². The average molecular weight is 175 g/mol. The van der Waals surface area contributed by atoms with Gasteiger partial charge in [-0.2, -0.15) is 0 Å². The largest absolute Gasteiger partial charge is 0.480 e. The molecule has 0 aromatic carbocycles. The highest BCUT2D eigenvalue weighted by Crippen LogP contribution is 1.97. The molecule has 0 rings (SSSR count). The number of hydrogen-bond donors (Lipinski definition) is 3. The van der Waals surface area contributed by atoms with Crippen LogP contribution in [0.2, 0.25) is 0 Å². The van der Waals surface area contributed by atoms with Crippen molar-refractivity contribution in [1.82, 2.24) is 5.32 Å². The highest BCUT2D eigenvalue weighted by Gasteiger charge is 2.19. The van der Waals surface area contributed by atoms with Crippen molar-refractivity contribution >= 4 is 11.9 Å². The third-order valence-corrected chi connectivity index (χ3v) is 1.25. The summed E-state index contributed by atoms with van der Waals surface area (Å²) in [5.74, 6) is -1.55. The number of carbonyl (C=O) groups excluding carboxylic acids is 1. The maximum Gasteiger partial charge on any atom is 0.326 e. The van der Waals surface area contributed by atoms with Crippen LogP contribution in [0.4, 0.5) is 0 Å². The molecule has 5 heteroatoms. The fourth-order valence-corrected chi connectivity index (χ4v) is 0.808. The number of aliphatic hydroxyl groups is 1. The SMILES string of the molecule is CC(=O)NC(CC(C)O)C(=O)O. The molecule has 0 radical (unpaired) electrons. The van der Waals surface area contributed by atoms with Gasteiger partial charge in [0.25, 0.3) is 0 Å². The van der Waals surface area contributed by atoms with Crippen LogP contribution in [0.1, 0.15) is 20.3 Å². The number of carbonyl (C=O) groups is 2. The number of rotatable bonds is 4. The maximum absolute atomic E-state index is 10.5. The first-order valence-corrected chi connectivity index (χ1v) is 3.61. The Labute approximate surface area is 70.4 Å². The van der Waals surface area contributed by atoms with Crippen molar-refractivity contribution < 1.29 is 19.8 Å². The molecule has 0 aromatic rings. The highest BCUT2D eigenvalue weighted by atomic mass is 16.4. The van der Waals surface area contributed by atoms with Crippen LogP contribution < -0.4 is 5.32 Å². The smallest absolute Gasteiger partial charge is 0.326 e. The second-order valence-electron chi connectivity index (χ2n) is 2.68. The lowest BCUT2D eigenvalue weighted by Crippen LogP contribution is -2.41. The van der Waals surface area contributed by atoms with Gasteiger partial charge in [0.1, 0.15) is 6.04 Å². The Hall–Kier alpha value is -1.10. The zero-order valence-corrected chi connectivity index (χ0v) is 7.07. The van der Waals surface area contributed by atoms with E-state index in [1.54, 1.807) is 0 Å². The Kier molecular flexibility index (Phi) is 4.28. The second kappa shape index (κ2) is 4.71. The molecule has 3 N–H and O–H groups in total. The Bertz CT molecular complexity index is 178. The molecule has 0 fully saturated rings. The molecule has 0 aliphatic carbocycles. The molecule has 0 saturated carbocycles. The van der Waals surface area contributed by atoms with E-state index in [1.165, 1.54) is 13.8 Å². The lowest BCUT2D eigenvalue weighted by atomic mass is 10.1. The molecule has 1 amide bonds. The van der Waals surface area contributed by atoms with Crippen LogP contribution in [-0.2, 0) is 9.59 Å². The maximum atomic E-state index is 10.5. The van der Waals surface area contributed by atoms with E-state index in [0.29, 0.717) is 0 Å². The quantitative estimate of drug-likeness (QED) is 0.529. The summed E-state index contributed by atoms with van der Waals surface area (Å²) >= 11 is 0. The van der Waals surface area contributed by atoms with Crippen molar-refractivity contribution in [3.63, 3.8) is 0 Å². The van der Waals surface area contributed by atoms with Gasteiger partial charge in [-0.15, -0.1) is 0 Å². The lowest BCUT2D eigenvalue weighted by molar-refractivity contribution is -0.142. The zero-order valence-electron chi connectivity index (χ0n) is 7.07. The molecule has 2 unspecified atom stereocenters. The summed E-state index contributed by atoms with van der Waals surface area (Å²) in [6, 6.07) is -0.998. The zero-order chi connectivity index (χ0) is 9.72. The van der Waals surface area contributed by atoms with Gasteiger partial charge in [-0.1, -0.05) is 0 Å². The molecular weight excluding hydrogens is 162 g/mol. The van der Waals surface area contributed by atoms with E-state index >= 15 is 0 Å². The average Bonchev–Trinajstić information content (AvgIpc) is 1.83. The van der Waals surface area contributed by atoms with Gasteiger partial charge < -0.3 is 15.5 Å². The first-order chi connectivity index (χ1) is 5.43. The van der Waals surface area contributed by atoms with E-state index in [0.717, 1.165) is 0 Å². The summed E-state index contributed by atoms with van der Waals surface area (Å²) in [6.07, 6.45) is -0.715. The van der Waals surface area contributed by atoms with Crippen LogP contribution in [0.25, 0.3) is 0 Å². The summed E-state index contributed by atoms with van der Waals surface area (Å²) in [5, 5.41) is 19.6. The number of amides is 1. The second-order valence-corrected chi connectivity index (χ2v) is 2.68. The Balaban J connectivity index is 4.04. The number of carboxylic acids is 1.